The van der Waals surface area contributed by atoms with Crippen molar-refractivity contribution in [2.75, 3.05) is 26.7 Å². The molecule has 0 bridgehead atoms. The average molecular weight is 435 g/mol. The van der Waals surface area contributed by atoms with Gasteiger partial charge < -0.3 is 9.15 Å². The van der Waals surface area contributed by atoms with Gasteiger partial charge in [0.05, 0.1) is 31.5 Å². The van der Waals surface area contributed by atoms with Crippen LogP contribution in [0.25, 0.3) is 0 Å². The smallest absolute Gasteiger partial charge is 0.393 e. The monoisotopic (exact) mass is 435 g/mol. The van der Waals surface area contributed by atoms with Crippen molar-refractivity contribution in [2.24, 2.45) is 11.0 Å². The molecule has 1 saturated heterocycles. The highest BCUT2D eigenvalue weighted by molar-refractivity contribution is 6.03. The van der Waals surface area contributed by atoms with Crippen LogP contribution in [0.2, 0.25) is 0 Å². The Labute approximate surface area is 178 Å². The molecule has 1 aromatic carbocycles. The Morgan fingerprint density at radius 3 is 2.68 bits per heavy atom. The van der Waals surface area contributed by atoms with E-state index < -0.39 is 18.1 Å². The summed E-state index contributed by atoms with van der Waals surface area (Å²) in [5.41, 5.74) is 1.56. The highest BCUT2D eigenvalue weighted by Crippen LogP contribution is 2.35. The van der Waals surface area contributed by atoms with E-state index in [0.717, 1.165) is 5.56 Å². The first-order chi connectivity index (χ1) is 14.8. The lowest BCUT2D eigenvalue weighted by molar-refractivity contribution is -0.187. The number of benzene rings is 1. The van der Waals surface area contributed by atoms with Gasteiger partial charge in [-0.15, -0.1) is 0 Å². The van der Waals surface area contributed by atoms with E-state index in [1.54, 1.807) is 24.1 Å². The summed E-state index contributed by atoms with van der Waals surface area (Å²) < 4.78 is 50.1. The summed E-state index contributed by atoms with van der Waals surface area (Å²) in [5.74, 6) is -0.436. The number of hydrogen-bond donors (Lipinski definition) is 0. The number of piperidine rings is 1. The van der Waals surface area contributed by atoms with Crippen molar-refractivity contribution in [2.45, 2.75) is 31.5 Å². The SMILES string of the molecule is COc1ccc(C2=NN(C(=O)CN3CCC[C@H](C(F)(F)F)C3)[C@H](c3ccco3)C2)cc1. The van der Waals surface area contributed by atoms with Crippen molar-refractivity contribution < 1.29 is 27.1 Å². The Hall–Kier alpha value is -2.81. The van der Waals surface area contributed by atoms with Crippen LogP contribution in [0, 0.1) is 5.92 Å². The molecule has 1 fully saturated rings. The van der Waals surface area contributed by atoms with Crippen molar-refractivity contribution in [3.63, 3.8) is 0 Å². The molecule has 6 nitrogen and oxygen atoms in total. The van der Waals surface area contributed by atoms with E-state index in [0.29, 0.717) is 36.6 Å². The third-order valence-electron chi connectivity index (χ3n) is 5.79. The van der Waals surface area contributed by atoms with E-state index in [2.05, 4.69) is 5.10 Å². The molecule has 3 heterocycles. The first kappa shape index (κ1) is 21.4. The number of methoxy groups -OCH3 is 1. The first-order valence-electron chi connectivity index (χ1n) is 10.2. The van der Waals surface area contributed by atoms with Crippen LogP contribution in [0.4, 0.5) is 13.2 Å². The highest BCUT2D eigenvalue weighted by Gasteiger charge is 2.43. The van der Waals surface area contributed by atoms with Crippen LogP contribution in [-0.4, -0.2) is 54.4 Å². The molecule has 1 aromatic heterocycles. The quantitative estimate of drug-likeness (QED) is 0.705. The summed E-state index contributed by atoms with van der Waals surface area (Å²) in [6.07, 6.45) is -1.74. The molecule has 31 heavy (non-hydrogen) atoms. The fraction of sp³-hybridized carbons (Fsp3) is 0.455. The summed E-state index contributed by atoms with van der Waals surface area (Å²) in [6, 6.07) is 10.4. The molecular weight excluding hydrogens is 411 g/mol. The average Bonchev–Trinajstić information content (AvgIpc) is 3.43. The topological polar surface area (TPSA) is 58.3 Å². The second-order valence-electron chi connectivity index (χ2n) is 7.86. The van der Waals surface area contributed by atoms with Gasteiger partial charge in [-0.1, -0.05) is 0 Å². The largest absolute Gasteiger partial charge is 0.497 e. The number of likely N-dealkylation sites (tertiary alicyclic amines) is 1. The van der Waals surface area contributed by atoms with Crippen LogP contribution >= 0.6 is 0 Å². The fourth-order valence-electron chi connectivity index (χ4n) is 4.13. The van der Waals surface area contributed by atoms with Crippen molar-refractivity contribution in [1.29, 1.82) is 0 Å². The van der Waals surface area contributed by atoms with Gasteiger partial charge in [0.1, 0.15) is 17.6 Å². The molecule has 1 amide bonds. The lowest BCUT2D eigenvalue weighted by atomic mass is 9.97. The van der Waals surface area contributed by atoms with Gasteiger partial charge in [-0.25, -0.2) is 5.01 Å². The summed E-state index contributed by atoms with van der Waals surface area (Å²) in [6.45, 7) is 0.194. The number of hydrazone groups is 1. The maximum absolute atomic E-state index is 13.1. The molecular formula is C22H24F3N3O3. The number of carbonyl (C=O) groups excluding carboxylic acids is 1. The number of alkyl halides is 3. The van der Waals surface area contributed by atoms with Gasteiger partial charge in [-0.3, -0.25) is 9.69 Å². The Morgan fingerprint density at radius 2 is 2.03 bits per heavy atom. The molecule has 9 heteroatoms. The highest BCUT2D eigenvalue weighted by atomic mass is 19.4. The number of rotatable bonds is 5. The van der Waals surface area contributed by atoms with E-state index in [9.17, 15) is 18.0 Å². The Balaban J connectivity index is 1.52. The molecule has 166 valence electrons. The Morgan fingerprint density at radius 1 is 1.26 bits per heavy atom. The van der Waals surface area contributed by atoms with Gasteiger partial charge in [0.25, 0.3) is 5.91 Å². The number of nitrogens with zero attached hydrogens (tertiary/aromatic N) is 3. The number of ether oxygens (including phenoxy) is 1. The molecule has 0 radical (unpaired) electrons. The van der Waals surface area contributed by atoms with E-state index >= 15 is 0 Å². The predicted molar refractivity (Wildman–Crippen MR) is 108 cm³/mol. The van der Waals surface area contributed by atoms with Crippen LogP contribution in [0.5, 0.6) is 5.75 Å². The lowest BCUT2D eigenvalue weighted by Crippen LogP contribution is -2.46. The van der Waals surface area contributed by atoms with Gasteiger partial charge >= 0.3 is 6.18 Å². The van der Waals surface area contributed by atoms with E-state index in [-0.39, 0.29) is 25.4 Å². The second-order valence-corrected chi connectivity index (χ2v) is 7.86. The van der Waals surface area contributed by atoms with Gasteiger partial charge in [-0.05, 0) is 61.3 Å². The minimum Gasteiger partial charge on any atom is -0.497 e. The second kappa shape index (κ2) is 8.74. The summed E-state index contributed by atoms with van der Waals surface area (Å²) >= 11 is 0. The molecule has 0 unspecified atom stereocenters. The van der Waals surface area contributed by atoms with Crippen molar-refractivity contribution in [3.05, 3.63) is 54.0 Å². The van der Waals surface area contributed by atoms with E-state index in [4.69, 9.17) is 9.15 Å². The minimum atomic E-state index is -4.24. The zero-order valence-corrected chi connectivity index (χ0v) is 17.1. The number of hydrogen-bond acceptors (Lipinski definition) is 5. The molecule has 0 aliphatic carbocycles. The summed E-state index contributed by atoms with van der Waals surface area (Å²) in [4.78, 5) is 14.7. The van der Waals surface area contributed by atoms with Crippen LogP contribution in [-0.2, 0) is 4.79 Å². The molecule has 2 aliphatic heterocycles. The number of amides is 1. The number of carbonyl (C=O) groups is 1. The van der Waals surface area contributed by atoms with Gasteiger partial charge in [-0.2, -0.15) is 18.3 Å². The van der Waals surface area contributed by atoms with Crippen LogP contribution in [0.3, 0.4) is 0 Å². The third kappa shape index (κ3) is 4.76. The van der Waals surface area contributed by atoms with Crippen LogP contribution in [0.1, 0.15) is 36.6 Å². The van der Waals surface area contributed by atoms with Gasteiger partial charge in [0.15, 0.2) is 0 Å². The van der Waals surface area contributed by atoms with Crippen LogP contribution in [0.15, 0.2) is 52.2 Å². The molecule has 0 saturated carbocycles. The normalized spacial score (nSPS) is 22.5. The molecule has 2 atom stereocenters. The zero-order valence-electron chi connectivity index (χ0n) is 17.1. The molecule has 2 aromatic rings. The summed E-state index contributed by atoms with van der Waals surface area (Å²) in [5, 5.41) is 5.89. The molecule has 0 N–H and O–H groups in total. The molecule has 2 aliphatic rings. The molecule has 0 spiro atoms. The lowest BCUT2D eigenvalue weighted by Gasteiger charge is -2.34. The summed E-state index contributed by atoms with van der Waals surface area (Å²) in [7, 11) is 1.58. The van der Waals surface area contributed by atoms with Gasteiger partial charge in [0, 0.05) is 13.0 Å². The maximum Gasteiger partial charge on any atom is 0.393 e. The predicted octanol–water partition coefficient (Wildman–Crippen LogP) is 4.24. The van der Waals surface area contributed by atoms with Crippen LogP contribution < -0.4 is 4.74 Å². The third-order valence-corrected chi connectivity index (χ3v) is 5.79. The van der Waals surface area contributed by atoms with E-state index in [1.807, 2.05) is 24.3 Å². The fourth-order valence-corrected chi connectivity index (χ4v) is 4.13. The van der Waals surface area contributed by atoms with Gasteiger partial charge in [0.2, 0.25) is 0 Å². The Kier molecular flexibility index (Phi) is 6.04. The standard InChI is InChI=1S/C22H24F3N3O3/c1-30-17-8-6-15(7-9-17)18-12-19(20-5-3-11-31-20)28(26-18)21(29)14-27-10-2-4-16(13-27)22(23,24)25/h3,5-9,11,16,19H,2,4,10,12-14H2,1H3/t16-,19-/m0/s1. The van der Waals surface area contributed by atoms with Crippen molar-refractivity contribution >= 4 is 11.6 Å². The van der Waals surface area contributed by atoms with Crippen molar-refractivity contribution in [3.8, 4) is 5.75 Å². The Bertz CT molecular complexity index is 926. The van der Waals surface area contributed by atoms with Crippen molar-refractivity contribution in [1.82, 2.24) is 9.91 Å². The molecule has 4 rings (SSSR count). The van der Waals surface area contributed by atoms with E-state index in [1.165, 1.54) is 11.3 Å². The first-order valence-corrected chi connectivity index (χ1v) is 10.2. The minimum absolute atomic E-state index is 0.104. The zero-order chi connectivity index (χ0) is 22.0. The number of furan rings is 1. The maximum atomic E-state index is 13.1. The number of halogens is 3.